The van der Waals surface area contributed by atoms with Crippen LogP contribution in [0.1, 0.15) is 44.7 Å². The van der Waals surface area contributed by atoms with Gasteiger partial charge in [0, 0.05) is 17.8 Å². The van der Waals surface area contributed by atoms with Crippen LogP contribution in [-0.2, 0) is 0 Å². The van der Waals surface area contributed by atoms with Gasteiger partial charge in [-0.25, -0.2) is 0 Å². The highest BCUT2D eigenvalue weighted by Gasteiger charge is 2.26. The number of pyridine rings is 1. The molecular weight excluding hydrogens is 170 g/mol. The summed E-state index contributed by atoms with van der Waals surface area (Å²) in [7, 11) is 0. The van der Waals surface area contributed by atoms with Crippen LogP contribution in [0.3, 0.4) is 0 Å². The molecule has 0 spiro atoms. The third-order valence-electron chi connectivity index (χ3n) is 3.50. The highest BCUT2D eigenvalue weighted by molar-refractivity contribution is 5.11. The SMILES string of the molecule is C[C@@H]1CC[C@@H](c2ccccn2)[C@@H](C)C1. The summed E-state index contributed by atoms with van der Waals surface area (Å²) in [6.07, 6.45) is 5.96. The maximum absolute atomic E-state index is 4.48. The van der Waals surface area contributed by atoms with E-state index in [9.17, 15) is 0 Å². The summed E-state index contributed by atoms with van der Waals surface area (Å²) < 4.78 is 0. The molecule has 1 aliphatic carbocycles. The largest absolute Gasteiger partial charge is 0.261 e. The Labute approximate surface area is 86.6 Å². The van der Waals surface area contributed by atoms with Crippen LogP contribution in [0.2, 0.25) is 0 Å². The molecule has 0 unspecified atom stereocenters. The summed E-state index contributed by atoms with van der Waals surface area (Å²) in [6.45, 7) is 4.74. The molecule has 1 fully saturated rings. The fraction of sp³-hybridized carbons (Fsp3) is 0.615. The summed E-state index contributed by atoms with van der Waals surface area (Å²) in [5, 5.41) is 0. The summed E-state index contributed by atoms with van der Waals surface area (Å²) in [6, 6.07) is 6.28. The molecular formula is C13H19N. The first-order chi connectivity index (χ1) is 6.77. The first-order valence-corrected chi connectivity index (χ1v) is 5.68. The second kappa shape index (κ2) is 4.12. The molecule has 3 atom stereocenters. The smallest absolute Gasteiger partial charge is 0.0437 e. The van der Waals surface area contributed by atoms with Gasteiger partial charge in [-0.05, 0) is 36.8 Å². The number of aromatic nitrogens is 1. The minimum atomic E-state index is 0.701. The molecule has 0 bridgehead atoms. The molecule has 1 nitrogen and oxygen atoms in total. The lowest BCUT2D eigenvalue weighted by molar-refractivity contribution is 0.258. The molecule has 0 aromatic carbocycles. The Morgan fingerprint density at radius 3 is 2.71 bits per heavy atom. The van der Waals surface area contributed by atoms with Crippen LogP contribution in [0.25, 0.3) is 0 Å². The van der Waals surface area contributed by atoms with Crippen LogP contribution < -0.4 is 0 Å². The molecule has 1 aromatic heterocycles. The Kier molecular flexibility index (Phi) is 2.85. The van der Waals surface area contributed by atoms with Gasteiger partial charge in [-0.3, -0.25) is 4.98 Å². The lowest BCUT2D eigenvalue weighted by atomic mass is 9.74. The van der Waals surface area contributed by atoms with Crippen molar-refractivity contribution in [1.29, 1.82) is 0 Å². The van der Waals surface area contributed by atoms with E-state index in [4.69, 9.17) is 0 Å². The highest BCUT2D eigenvalue weighted by atomic mass is 14.7. The molecule has 1 saturated carbocycles. The molecule has 0 aliphatic heterocycles. The molecule has 0 N–H and O–H groups in total. The fourth-order valence-corrected chi connectivity index (χ4v) is 2.70. The number of rotatable bonds is 1. The minimum Gasteiger partial charge on any atom is -0.261 e. The quantitative estimate of drug-likeness (QED) is 0.657. The number of nitrogens with zero attached hydrogens (tertiary/aromatic N) is 1. The lowest BCUT2D eigenvalue weighted by Gasteiger charge is -2.32. The number of hydrogen-bond acceptors (Lipinski definition) is 1. The van der Waals surface area contributed by atoms with Gasteiger partial charge < -0.3 is 0 Å². The van der Waals surface area contributed by atoms with E-state index in [1.54, 1.807) is 0 Å². The Morgan fingerprint density at radius 1 is 1.21 bits per heavy atom. The highest BCUT2D eigenvalue weighted by Crippen LogP contribution is 2.38. The normalized spacial score (nSPS) is 32.9. The van der Waals surface area contributed by atoms with Crippen molar-refractivity contribution in [2.45, 2.75) is 39.0 Å². The molecule has 1 heterocycles. The van der Waals surface area contributed by atoms with E-state index in [0.29, 0.717) is 5.92 Å². The van der Waals surface area contributed by atoms with Crippen molar-refractivity contribution < 1.29 is 0 Å². The van der Waals surface area contributed by atoms with Crippen LogP contribution >= 0.6 is 0 Å². The second-order valence-electron chi connectivity index (χ2n) is 4.76. The molecule has 0 amide bonds. The standard InChI is InChI=1S/C13H19N/c1-10-6-7-12(11(2)9-10)13-5-3-4-8-14-13/h3-5,8,10-12H,6-7,9H2,1-2H3/t10-,11+,12-/m1/s1. The van der Waals surface area contributed by atoms with E-state index >= 15 is 0 Å². The molecule has 14 heavy (non-hydrogen) atoms. The average Bonchev–Trinajstić information content (AvgIpc) is 2.19. The summed E-state index contributed by atoms with van der Waals surface area (Å²) in [4.78, 5) is 4.48. The maximum atomic E-state index is 4.48. The van der Waals surface area contributed by atoms with E-state index in [2.05, 4.69) is 31.0 Å². The van der Waals surface area contributed by atoms with Gasteiger partial charge in [0.15, 0.2) is 0 Å². The zero-order chi connectivity index (χ0) is 9.97. The molecule has 1 aromatic rings. The molecule has 0 saturated heterocycles. The van der Waals surface area contributed by atoms with Crippen molar-refractivity contribution in [3.05, 3.63) is 30.1 Å². The topological polar surface area (TPSA) is 12.9 Å². The molecule has 76 valence electrons. The van der Waals surface area contributed by atoms with E-state index in [-0.39, 0.29) is 0 Å². The van der Waals surface area contributed by atoms with E-state index in [0.717, 1.165) is 11.8 Å². The molecule has 2 rings (SSSR count). The van der Waals surface area contributed by atoms with Gasteiger partial charge in [-0.1, -0.05) is 26.3 Å². The van der Waals surface area contributed by atoms with Gasteiger partial charge in [-0.2, -0.15) is 0 Å². The predicted molar refractivity (Wildman–Crippen MR) is 59.2 cm³/mol. The van der Waals surface area contributed by atoms with Crippen molar-refractivity contribution in [3.8, 4) is 0 Å². The van der Waals surface area contributed by atoms with Gasteiger partial charge in [-0.15, -0.1) is 0 Å². The Hall–Kier alpha value is -0.850. The van der Waals surface area contributed by atoms with Crippen molar-refractivity contribution in [2.24, 2.45) is 11.8 Å². The van der Waals surface area contributed by atoms with Crippen LogP contribution in [0, 0.1) is 11.8 Å². The first-order valence-electron chi connectivity index (χ1n) is 5.68. The summed E-state index contributed by atoms with van der Waals surface area (Å²) >= 11 is 0. The van der Waals surface area contributed by atoms with Crippen molar-refractivity contribution in [1.82, 2.24) is 4.98 Å². The zero-order valence-electron chi connectivity index (χ0n) is 9.11. The number of hydrogen-bond donors (Lipinski definition) is 0. The van der Waals surface area contributed by atoms with Crippen molar-refractivity contribution in [2.75, 3.05) is 0 Å². The fourth-order valence-electron chi connectivity index (χ4n) is 2.70. The van der Waals surface area contributed by atoms with Crippen LogP contribution in [0.5, 0.6) is 0 Å². The summed E-state index contributed by atoms with van der Waals surface area (Å²) in [5.41, 5.74) is 1.30. The lowest BCUT2D eigenvalue weighted by Crippen LogP contribution is -2.20. The van der Waals surface area contributed by atoms with E-state index in [1.165, 1.54) is 25.0 Å². The second-order valence-corrected chi connectivity index (χ2v) is 4.76. The Morgan fingerprint density at radius 2 is 2.07 bits per heavy atom. The third-order valence-corrected chi connectivity index (χ3v) is 3.50. The van der Waals surface area contributed by atoms with Gasteiger partial charge in [0.05, 0.1) is 0 Å². The van der Waals surface area contributed by atoms with Crippen molar-refractivity contribution >= 4 is 0 Å². The van der Waals surface area contributed by atoms with Crippen LogP contribution in [0.15, 0.2) is 24.4 Å². The van der Waals surface area contributed by atoms with Gasteiger partial charge in [0.1, 0.15) is 0 Å². The monoisotopic (exact) mass is 189 g/mol. The first kappa shape index (κ1) is 9.70. The third kappa shape index (κ3) is 1.97. The predicted octanol–water partition coefficient (Wildman–Crippen LogP) is 3.62. The minimum absolute atomic E-state index is 0.701. The van der Waals surface area contributed by atoms with Crippen molar-refractivity contribution in [3.63, 3.8) is 0 Å². The Bertz CT molecular complexity index is 281. The summed E-state index contributed by atoms with van der Waals surface area (Å²) in [5.74, 6) is 2.41. The van der Waals surface area contributed by atoms with E-state index < -0.39 is 0 Å². The van der Waals surface area contributed by atoms with Gasteiger partial charge in [0.2, 0.25) is 0 Å². The zero-order valence-corrected chi connectivity index (χ0v) is 9.11. The average molecular weight is 189 g/mol. The molecule has 0 radical (unpaired) electrons. The van der Waals surface area contributed by atoms with Gasteiger partial charge >= 0.3 is 0 Å². The molecule has 1 aliphatic rings. The van der Waals surface area contributed by atoms with Crippen LogP contribution in [-0.4, -0.2) is 4.98 Å². The maximum Gasteiger partial charge on any atom is 0.0437 e. The Balaban J connectivity index is 2.12. The van der Waals surface area contributed by atoms with E-state index in [1.807, 2.05) is 12.3 Å². The molecule has 1 heteroatoms. The van der Waals surface area contributed by atoms with Gasteiger partial charge in [0.25, 0.3) is 0 Å². The van der Waals surface area contributed by atoms with Crippen LogP contribution in [0.4, 0.5) is 0 Å².